The fraction of sp³-hybridized carbons (Fsp3) is 0.0938. The fourth-order valence-electron chi connectivity index (χ4n) is 4.47. The summed E-state index contributed by atoms with van der Waals surface area (Å²) in [4.78, 5) is 16.9. The number of nitrogen functional groups attached to an aromatic ring is 1. The van der Waals surface area contributed by atoms with Gasteiger partial charge in [0.15, 0.2) is 5.69 Å². The Kier molecular flexibility index (Phi) is 7.48. The van der Waals surface area contributed by atoms with Crippen molar-refractivity contribution in [1.29, 1.82) is 0 Å². The topological polar surface area (TPSA) is 89.3 Å². The number of carbonyl (C=O) groups is 1. The average molecular weight is 513 g/mol. The standard InChI is InChI=1S/C32H28N6O/c1-22-18-30(38(37-22)29-13-7-11-27(20-29)34-2)32(39)36-28-12-6-10-25(19-28)31(24-8-4-3-5-9-24)35-21-23-14-16-26(33)17-15-23/h3-20,31,35H,21,33H2,1H3,(H,36,39). The molecule has 192 valence electrons. The first-order chi connectivity index (χ1) is 19.0. The average Bonchev–Trinajstić information content (AvgIpc) is 3.37. The molecule has 1 amide bonds. The maximum absolute atomic E-state index is 13.4. The van der Waals surface area contributed by atoms with E-state index in [2.05, 4.69) is 32.7 Å². The molecule has 1 unspecified atom stereocenters. The van der Waals surface area contributed by atoms with E-state index in [9.17, 15) is 4.79 Å². The second-order valence-electron chi connectivity index (χ2n) is 9.26. The van der Waals surface area contributed by atoms with E-state index < -0.39 is 0 Å². The Balaban J connectivity index is 1.40. The normalized spacial score (nSPS) is 11.5. The van der Waals surface area contributed by atoms with Gasteiger partial charge in [-0.25, -0.2) is 9.53 Å². The number of anilines is 2. The van der Waals surface area contributed by atoms with Crippen molar-refractivity contribution in [3.05, 3.63) is 149 Å². The minimum atomic E-state index is -0.285. The molecule has 5 rings (SSSR count). The molecule has 4 aromatic carbocycles. The van der Waals surface area contributed by atoms with Gasteiger partial charge in [0, 0.05) is 17.9 Å². The number of hydrogen-bond acceptors (Lipinski definition) is 4. The third kappa shape index (κ3) is 6.04. The lowest BCUT2D eigenvalue weighted by atomic mass is 9.97. The Morgan fingerprint density at radius 2 is 1.67 bits per heavy atom. The van der Waals surface area contributed by atoms with Crippen molar-refractivity contribution in [3.63, 3.8) is 0 Å². The summed E-state index contributed by atoms with van der Waals surface area (Å²) in [5.41, 5.74) is 12.8. The summed E-state index contributed by atoms with van der Waals surface area (Å²) < 4.78 is 1.57. The zero-order valence-corrected chi connectivity index (χ0v) is 21.5. The van der Waals surface area contributed by atoms with Crippen LogP contribution in [0.3, 0.4) is 0 Å². The molecule has 1 atom stereocenters. The van der Waals surface area contributed by atoms with Crippen LogP contribution in [0.2, 0.25) is 0 Å². The number of nitrogens with two attached hydrogens (primary N) is 1. The van der Waals surface area contributed by atoms with E-state index in [-0.39, 0.29) is 11.9 Å². The van der Waals surface area contributed by atoms with Crippen LogP contribution in [0.5, 0.6) is 0 Å². The van der Waals surface area contributed by atoms with E-state index in [1.807, 2.05) is 79.7 Å². The van der Waals surface area contributed by atoms with Crippen LogP contribution in [-0.2, 0) is 6.54 Å². The number of aryl methyl sites for hydroxylation is 1. The van der Waals surface area contributed by atoms with Crippen molar-refractivity contribution in [2.24, 2.45) is 0 Å². The lowest BCUT2D eigenvalue weighted by Gasteiger charge is -2.21. The zero-order valence-electron chi connectivity index (χ0n) is 21.5. The molecule has 0 saturated heterocycles. The minimum Gasteiger partial charge on any atom is -0.399 e. The summed E-state index contributed by atoms with van der Waals surface area (Å²) in [7, 11) is 0. The second-order valence-corrected chi connectivity index (χ2v) is 9.26. The van der Waals surface area contributed by atoms with E-state index in [0.717, 1.165) is 22.4 Å². The van der Waals surface area contributed by atoms with Gasteiger partial charge >= 0.3 is 0 Å². The lowest BCUT2D eigenvalue weighted by molar-refractivity contribution is 0.101. The molecule has 39 heavy (non-hydrogen) atoms. The van der Waals surface area contributed by atoms with Crippen molar-refractivity contribution in [2.75, 3.05) is 11.1 Å². The molecule has 0 bridgehead atoms. The first-order valence-electron chi connectivity index (χ1n) is 12.6. The molecule has 5 aromatic rings. The molecular weight excluding hydrogens is 484 g/mol. The number of rotatable bonds is 8. The molecule has 1 heterocycles. The molecule has 0 aliphatic carbocycles. The zero-order chi connectivity index (χ0) is 27.2. The largest absolute Gasteiger partial charge is 0.399 e. The number of amides is 1. The number of carbonyl (C=O) groups excluding carboxylic acids is 1. The van der Waals surface area contributed by atoms with Crippen LogP contribution < -0.4 is 16.4 Å². The molecule has 7 nitrogen and oxygen atoms in total. The van der Waals surface area contributed by atoms with Gasteiger partial charge in [0.2, 0.25) is 0 Å². The van der Waals surface area contributed by atoms with Crippen LogP contribution in [0.15, 0.2) is 109 Å². The maximum atomic E-state index is 13.4. The van der Waals surface area contributed by atoms with Gasteiger partial charge in [-0.15, -0.1) is 0 Å². The predicted molar refractivity (Wildman–Crippen MR) is 155 cm³/mol. The first kappa shape index (κ1) is 25.5. The van der Waals surface area contributed by atoms with Crippen molar-refractivity contribution >= 4 is 23.0 Å². The lowest BCUT2D eigenvalue weighted by Crippen LogP contribution is -2.22. The molecule has 7 heteroatoms. The maximum Gasteiger partial charge on any atom is 0.274 e. The van der Waals surface area contributed by atoms with Gasteiger partial charge < -0.3 is 16.4 Å². The third-order valence-electron chi connectivity index (χ3n) is 6.37. The van der Waals surface area contributed by atoms with Gasteiger partial charge in [0.1, 0.15) is 5.69 Å². The number of hydrogen-bond donors (Lipinski definition) is 3. The van der Waals surface area contributed by atoms with Gasteiger partial charge in [0.05, 0.1) is 24.0 Å². The van der Waals surface area contributed by atoms with Crippen LogP contribution in [0.4, 0.5) is 17.1 Å². The van der Waals surface area contributed by atoms with E-state index in [0.29, 0.717) is 35.0 Å². The molecule has 0 radical (unpaired) electrons. The molecule has 0 aliphatic heterocycles. The summed E-state index contributed by atoms with van der Waals surface area (Å²) in [5, 5.41) is 11.2. The van der Waals surface area contributed by atoms with Gasteiger partial charge in [-0.05, 0) is 66.1 Å². The van der Waals surface area contributed by atoms with E-state index in [4.69, 9.17) is 12.3 Å². The first-order valence-corrected chi connectivity index (χ1v) is 12.6. The Bertz CT molecular complexity index is 1630. The molecule has 0 saturated carbocycles. The van der Waals surface area contributed by atoms with Crippen molar-refractivity contribution in [1.82, 2.24) is 15.1 Å². The summed E-state index contributed by atoms with van der Waals surface area (Å²) in [6, 6.07) is 34.6. The fourth-order valence-corrected chi connectivity index (χ4v) is 4.47. The third-order valence-corrected chi connectivity index (χ3v) is 6.37. The quantitative estimate of drug-likeness (QED) is 0.165. The van der Waals surface area contributed by atoms with Crippen LogP contribution in [0.25, 0.3) is 10.5 Å². The number of benzene rings is 4. The number of nitrogens with zero attached hydrogens (tertiary/aromatic N) is 3. The smallest absolute Gasteiger partial charge is 0.274 e. The Morgan fingerprint density at radius 1 is 0.923 bits per heavy atom. The van der Waals surface area contributed by atoms with Crippen LogP contribution in [0, 0.1) is 13.5 Å². The van der Waals surface area contributed by atoms with Crippen LogP contribution in [-0.4, -0.2) is 15.7 Å². The highest BCUT2D eigenvalue weighted by atomic mass is 16.2. The second kappa shape index (κ2) is 11.5. The molecule has 0 aliphatic rings. The Morgan fingerprint density at radius 3 is 2.44 bits per heavy atom. The highest BCUT2D eigenvalue weighted by Gasteiger charge is 2.18. The van der Waals surface area contributed by atoms with Crippen LogP contribution in [0.1, 0.15) is 38.9 Å². The highest BCUT2D eigenvalue weighted by molar-refractivity contribution is 6.03. The van der Waals surface area contributed by atoms with Crippen molar-refractivity contribution < 1.29 is 4.79 Å². The van der Waals surface area contributed by atoms with Gasteiger partial charge in [-0.3, -0.25) is 4.79 Å². The summed E-state index contributed by atoms with van der Waals surface area (Å²) in [6.45, 7) is 9.79. The number of aromatic nitrogens is 2. The Hall–Kier alpha value is -5.19. The minimum absolute atomic E-state index is 0.0928. The molecule has 1 aromatic heterocycles. The van der Waals surface area contributed by atoms with E-state index in [1.54, 1.807) is 28.9 Å². The van der Waals surface area contributed by atoms with E-state index >= 15 is 0 Å². The summed E-state index contributed by atoms with van der Waals surface area (Å²) in [5.74, 6) is -0.285. The molecular formula is C32H28N6O. The van der Waals surface area contributed by atoms with Gasteiger partial charge in [-0.2, -0.15) is 5.10 Å². The SMILES string of the molecule is [C-]#[N+]c1cccc(-n2nc(C)cc2C(=O)Nc2cccc(C(NCc3ccc(N)cc3)c3ccccc3)c2)c1. The molecule has 0 fully saturated rings. The van der Waals surface area contributed by atoms with Crippen molar-refractivity contribution in [3.8, 4) is 5.69 Å². The summed E-state index contributed by atoms with van der Waals surface area (Å²) in [6.07, 6.45) is 0. The Labute approximate surface area is 227 Å². The molecule has 4 N–H and O–H groups in total. The van der Waals surface area contributed by atoms with Crippen LogP contribution >= 0.6 is 0 Å². The highest BCUT2D eigenvalue weighted by Crippen LogP contribution is 2.26. The predicted octanol–water partition coefficient (Wildman–Crippen LogP) is 6.45. The monoisotopic (exact) mass is 512 g/mol. The van der Waals surface area contributed by atoms with Gasteiger partial charge in [0.25, 0.3) is 5.91 Å². The van der Waals surface area contributed by atoms with E-state index in [1.165, 1.54) is 0 Å². The molecule has 0 spiro atoms. The summed E-state index contributed by atoms with van der Waals surface area (Å²) >= 11 is 0. The van der Waals surface area contributed by atoms with Gasteiger partial charge in [-0.1, -0.05) is 66.7 Å². The van der Waals surface area contributed by atoms with Crippen molar-refractivity contribution in [2.45, 2.75) is 19.5 Å². The number of nitrogens with one attached hydrogen (secondary N) is 2.